The van der Waals surface area contributed by atoms with E-state index in [1.165, 1.54) is 30.9 Å². The van der Waals surface area contributed by atoms with Crippen molar-refractivity contribution < 1.29 is 8.78 Å². The molecule has 10 heteroatoms. The zero-order chi connectivity index (χ0) is 23.5. The van der Waals surface area contributed by atoms with Crippen molar-refractivity contribution in [3.63, 3.8) is 0 Å². The van der Waals surface area contributed by atoms with E-state index < -0.39 is 5.82 Å². The third kappa shape index (κ3) is 3.17. The van der Waals surface area contributed by atoms with Gasteiger partial charge in [0.15, 0.2) is 11.7 Å². The minimum absolute atomic E-state index is 0.0530. The molecule has 4 aromatic rings. The molecule has 1 atom stereocenters. The Balaban J connectivity index is 1.30. The van der Waals surface area contributed by atoms with Crippen LogP contribution in [0.1, 0.15) is 11.1 Å². The second kappa shape index (κ2) is 7.45. The van der Waals surface area contributed by atoms with E-state index in [4.69, 9.17) is 9.98 Å². The summed E-state index contributed by atoms with van der Waals surface area (Å²) < 4.78 is 29.3. The van der Waals surface area contributed by atoms with Crippen LogP contribution in [0.3, 0.4) is 0 Å². The SMILES string of the molecule is Fc1ccc(-c2nccc3c2CN=C(C2=NC4CN4c4cnc(-c5cncnc5)c(F)c42)N3)cc1. The van der Waals surface area contributed by atoms with Crippen LogP contribution in [0.2, 0.25) is 0 Å². The highest BCUT2D eigenvalue weighted by molar-refractivity contribution is 6.53. The molecule has 1 aromatic carbocycles. The molecule has 1 unspecified atom stereocenters. The standard InChI is InChI=1S/C25H16F2N8/c26-15-3-1-13(2-4-15)22-16-9-32-25(33-17(16)5-6-30-22)24-20-18(35-11-19(35)34-24)10-31-23(21(20)27)14-7-28-12-29-8-14/h1-8,10,12,19H,9,11H2,(H,32,33). The van der Waals surface area contributed by atoms with Gasteiger partial charge >= 0.3 is 0 Å². The molecule has 1 saturated heterocycles. The first-order chi connectivity index (χ1) is 17.2. The highest BCUT2D eigenvalue weighted by atomic mass is 19.1. The Morgan fingerprint density at radius 1 is 0.914 bits per heavy atom. The van der Waals surface area contributed by atoms with Crippen molar-refractivity contribution in [2.24, 2.45) is 9.98 Å². The van der Waals surface area contributed by atoms with Gasteiger partial charge in [-0.25, -0.2) is 18.7 Å². The molecule has 170 valence electrons. The number of amidine groups is 1. The lowest BCUT2D eigenvalue weighted by Crippen LogP contribution is -2.32. The number of aromatic nitrogens is 4. The Morgan fingerprint density at radius 3 is 2.57 bits per heavy atom. The molecule has 8 nitrogen and oxygen atoms in total. The van der Waals surface area contributed by atoms with Crippen LogP contribution in [-0.4, -0.2) is 44.2 Å². The lowest BCUT2D eigenvalue weighted by atomic mass is 10.00. The second-order valence-electron chi connectivity index (χ2n) is 8.40. The third-order valence-corrected chi connectivity index (χ3v) is 6.29. The number of anilines is 2. The Labute approximate surface area is 198 Å². The Bertz CT molecular complexity index is 1550. The predicted octanol–water partition coefficient (Wildman–Crippen LogP) is 3.85. The van der Waals surface area contributed by atoms with Gasteiger partial charge in [-0.2, -0.15) is 0 Å². The van der Waals surface area contributed by atoms with Crippen molar-refractivity contribution in [2.45, 2.75) is 12.7 Å². The first-order valence-electron chi connectivity index (χ1n) is 11.0. The maximum Gasteiger partial charge on any atom is 0.161 e. The van der Waals surface area contributed by atoms with Gasteiger partial charge in [0, 0.05) is 41.0 Å². The van der Waals surface area contributed by atoms with E-state index >= 15 is 4.39 Å². The number of halogens is 2. The molecule has 0 spiro atoms. The topological polar surface area (TPSA) is 91.3 Å². The number of nitrogens with one attached hydrogen (secondary N) is 1. The van der Waals surface area contributed by atoms with E-state index in [-0.39, 0.29) is 17.7 Å². The van der Waals surface area contributed by atoms with Gasteiger partial charge in [0.05, 0.1) is 36.2 Å². The van der Waals surface area contributed by atoms with Crippen LogP contribution in [0.25, 0.3) is 22.5 Å². The molecule has 1 fully saturated rings. The summed E-state index contributed by atoms with van der Waals surface area (Å²) in [7, 11) is 0. The van der Waals surface area contributed by atoms with E-state index in [9.17, 15) is 4.39 Å². The van der Waals surface area contributed by atoms with Gasteiger partial charge in [-0.3, -0.25) is 20.0 Å². The van der Waals surface area contributed by atoms with E-state index in [1.807, 2.05) is 11.0 Å². The second-order valence-corrected chi connectivity index (χ2v) is 8.40. The minimum Gasteiger partial charge on any atom is -0.342 e. The normalized spacial score (nSPS) is 17.4. The number of fused-ring (bicyclic) bond motifs is 4. The molecule has 35 heavy (non-hydrogen) atoms. The van der Waals surface area contributed by atoms with Gasteiger partial charge in [-0.15, -0.1) is 0 Å². The third-order valence-electron chi connectivity index (χ3n) is 6.29. The van der Waals surface area contributed by atoms with Gasteiger partial charge in [-0.1, -0.05) is 0 Å². The molecule has 0 amide bonds. The molecule has 3 aromatic heterocycles. The van der Waals surface area contributed by atoms with Crippen LogP contribution in [0.15, 0.2) is 71.4 Å². The highest BCUT2D eigenvalue weighted by Gasteiger charge is 2.43. The molecule has 1 N–H and O–H groups in total. The fourth-order valence-electron chi connectivity index (χ4n) is 4.52. The van der Waals surface area contributed by atoms with Gasteiger partial charge in [0.1, 0.15) is 29.7 Å². The van der Waals surface area contributed by atoms with Gasteiger partial charge < -0.3 is 10.2 Å². The summed E-state index contributed by atoms with van der Waals surface area (Å²) in [6.07, 6.45) is 7.75. The lowest BCUT2D eigenvalue weighted by molar-refractivity contribution is 0.622. The summed E-state index contributed by atoms with van der Waals surface area (Å²) in [5.74, 6) is -0.307. The Hall–Kier alpha value is -4.60. The van der Waals surface area contributed by atoms with Crippen molar-refractivity contribution in [1.29, 1.82) is 0 Å². The summed E-state index contributed by atoms with van der Waals surface area (Å²) in [4.78, 5) is 28.3. The molecule has 3 aliphatic rings. The van der Waals surface area contributed by atoms with E-state index in [1.54, 1.807) is 24.5 Å². The zero-order valence-corrected chi connectivity index (χ0v) is 18.2. The first kappa shape index (κ1) is 19.8. The van der Waals surface area contributed by atoms with E-state index in [2.05, 4.69) is 25.3 Å². The molecule has 0 aliphatic carbocycles. The van der Waals surface area contributed by atoms with Crippen molar-refractivity contribution in [3.05, 3.63) is 84.2 Å². The average molecular weight is 466 g/mol. The summed E-state index contributed by atoms with van der Waals surface area (Å²) in [6.45, 7) is 1.03. The largest absolute Gasteiger partial charge is 0.342 e. The van der Waals surface area contributed by atoms with Crippen LogP contribution < -0.4 is 10.2 Å². The lowest BCUT2D eigenvalue weighted by Gasteiger charge is -2.25. The minimum atomic E-state index is -0.488. The smallest absolute Gasteiger partial charge is 0.161 e. The number of aliphatic imine (C=N–C) groups is 2. The number of rotatable bonds is 3. The number of hydrogen-bond donors (Lipinski definition) is 1. The maximum absolute atomic E-state index is 15.9. The van der Waals surface area contributed by atoms with Crippen molar-refractivity contribution in [3.8, 4) is 22.5 Å². The summed E-state index contributed by atoms with van der Waals surface area (Å²) in [5, 5.41) is 3.33. The van der Waals surface area contributed by atoms with Crippen LogP contribution in [0.5, 0.6) is 0 Å². The number of benzene rings is 1. The molecule has 3 aliphatic heterocycles. The van der Waals surface area contributed by atoms with E-state index in [0.29, 0.717) is 41.5 Å². The zero-order valence-electron chi connectivity index (χ0n) is 18.2. The van der Waals surface area contributed by atoms with Crippen molar-refractivity contribution >= 4 is 22.9 Å². The molecular weight excluding hydrogens is 450 g/mol. The summed E-state index contributed by atoms with van der Waals surface area (Å²) in [6, 6.07) is 8.04. The molecule has 7 rings (SSSR count). The average Bonchev–Trinajstić information content (AvgIpc) is 3.69. The van der Waals surface area contributed by atoms with Crippen molar-refractivity contribution in [2.75, 3.05) is 16.8 Å². The molecular formula is C25H16F2N8. The van der Waals surface area contributed by atoms with Gasteiger partial charge in [0.2, 0.25) is 0 Å². The highest BCUT2D eigenvalue weighted by Crippen LogP contribution is 2.40. The van der Waals surface area contributed by atoms with Crippen molar-refractivity contribution in [1.82, 2.24) is 19.9 Å². The van der Waals surface area contributed by atoms with Crippen LogP contribution in [0.4, 0.5) is 20.2 Å². The molecule has 6 heterocycles. The number of hydrogen-bond acceptors (Lipinski definition) is 8. The molecule has 0 saturated carbocycles. The van der Waals surface area contributed by atoms with Gasteiger partial charge in [0.25, 0.3) is 0 Å². The maximum atomic E-state index is 15.9. The molecule has 0 radical (unpaired) electrons. The fourth-order valence-corrected chi connectivity index (χ4v) is 4.52. The first-order valence-corrected chi connectivity index (χ1v) is 11.0. The number of nitrogens with zero attached hydrogens (tertiary/aromatic N) is 7. The van der Waals surface area contributed by atoms with Crippen LogP contribution in [-0.2, 0) is 6.54 Å². The Morgan fingerprint density at radius 2 is 1.74 bits per heavy atom. The number of pyridine rings is 2. The van der Waals surface area contributed by atoms with E-state index in [0.717, 1.165) is 22.5 Å². The Kier molecular flexibility index (Phi) is 4.22. The summed E-state index contributed by atoms with van der Waals surface area (Å²) >= 11 is 0. The quantitative estimate of drug-likeness (QED) is 0.461. The molecule has 0 bridgehead atoms. The fraction of sp³-hybridized carbons (Fsp3) is 0.120. The monoisotopic (exact) mass is 466 g/mol. The van der Waals surface area contributed by atoms with Crippen LogP contribution in [0, 0.1) is 11.6 Å². The van der Waals surface area contributed by atoms with Crippen LogP contribution >= 0.6 is 0 Å². The van der Waals surface area contributed by atoms with Gasteiger partial charge in [-0.05, 0) is 30.3 Å². The predicted molar refractivity (Wildman–Crippen MR) is 127 cm³/mol. The summed E-state index contributed by atoms with van der Waals surface area (Å²) in [5.41, 5.74) is 5.36.